The molecule has 1 atom stereocenters. The van der Waals surface area contributed by atoms with E-state index in [0.717, 1.165) is 46.4 Å². The number of fused-ring (bicyclic) bond motifs is 1. The average Bonchev–Trinajstić information content (AvgIpc) is 3.12. The number of nitrogens with zero attached hydrogens (tertiary/aromatic N) is 2. The highest BCUT2D eigenvalue weighted by Crippen LogP contribution is 2.36. The Hall–Kier alpha value is -2.34. The van der Waals surface area contributed by atoms with Crippen molar-refractivity contribution in [2.75, 3.05) is 27.3 Å². The van der Waals surface area contributed by atoms with Crippen molar-refractivity contribution >= 4 is 22.5 Å². The molecule has 3 aromatic rings. The number of hydrogen-bond acceptors (Lipinski definition) is 5. The van der Waals surface area contributed by atoms with Crippen molar-refractivity contribution in [1.82, 2.24) is 9.88 Å². The van der Waals surface area contributed by atoms with Crippen LogP contribution in [0, 0.1) is 0 Å². The van der Waals surface area contributed by atoms with Gasteiger partial charge in [-0.2, -0.15) is 0 Å². The molecule has 2 heterocycles. The first-order chi connectivity index (χ1) is 13.6. The van der Waals surface area contributed by atoms with Crippen LogP contribution in [0.1, 0.15) is 12.0 Å². The van der Waals surface area contributed by atoms with Gasteiger partial charge < -0.3 is 14.6 Å². The molecule has 0 unspecified atom stereocenters. The SMILES string of the molecule is COc1ccc(OC)c2nc(-c3ccc(Cl)cc3)c(CN3CC[C@H](O)C3)cc12. The van der Waals surface area contributed by atoms with Crippen LogP contribution in [-0.2, 0) is 6.54 Å². The summed E-state index contributed by atoms with van der Waals surface area (Å²) < 4.78 is 11.1. The number of aliphatic hydroxyl groups excluding tert-OH is 1. The van der Waals surface area contributed by atoms with Crippen LogP contribution in [0.25, 0.3) is 22.2 Å². The van der Waals surface area contributed by atoms with Gasteiger partial charge in [-0.05, 0) is 42.3 Å². The van der Waals surface area contributed by atoms with Gasteiger partial charge in [0.2, 0.25) is 0 Å². The van der Waals surface area contributed by atoms with Crippen molar-refractivity contribution in [2.45, 2.75) is 19.1 Å². The molecule has 1 aliphatic rings. The first kappa shape index (κ1) is 19.0. The zero-order valence-electron chi connectivity index (χ0n) is 16.0. The molecular weight excluding hydrogens is 376 g/mol. The number of methoxy groups -OCH3 is 2. The van der Waals surface area contributed by atoms with Gasteiger partial charge in [-0.15, -0.1) is 0 Å². The van der Waals surface area contributed by atoms with Crippen molar-refractivity contribution in [3.63, 3.8) is 0 Å². The fourth-order valence-corrected chi connectivity index (χ4v) is 3.89. The molecule has 146 valence electrons. The summed E-state index contributed by atoms with van der Waals surface area (Å²) in [5.41, 5.74) is 3.72. The van der Waals surface area contributed by atoms with Crippen LogP contribution < -0.4 is 9.47 Å². The molecular formula is C22H23ClN2O3. The molecule has 5 nitrogen and oxygen atoms in total. The second-order valence-electron chi connectivity index (χ2n) is 7.05. The molecule has 0 amide bonds. The van der Waals surface area contributed by atoms with Gasteiger partial charge in [0.1, 0.15) is 17.0 Å². The highest BCUT2D eigenvalue weighted by Gasteiger charge is 2.23. The summed E-state index contributed by atoms with van der Waals surface area (Å²) in [7, 11) is 3.30. The number of pyridine rings is 1. The van der Waals surface area contributed by atoms with E-state index in [-0.39, 0.29) is 6.10 Å². The van der Waals surface area contributed by atoms with E-state index < -0.39 is 0 Å². The van der Waals surface area contributed by atoms with Crippen molar-refractivity contribution < 1.29 is 14.6 Å². The summed E-state index contributed by atoms with van der Waals surface area (Å²) >= 11 is 6.08. The fraction of sp³-hybridized carbons (Fsp3) is 0.318. The first-order valence-electron chi connectivity index (χ1n) is 9.30. The van der Waals surface area contributed by atoms with Crippen molar-refractivity contribution in [3.05, 3.63) is 53.1 Å². The van der Waals surface area contributed by atoms with Crippen molar-refractivity contribution in [3.8, 4) is 22.8 Å². The number of aliphatic hydroxyl groups is 1. The molecule has 1 fully saturated rings. The van der Waals surface area contributed by atoms with Gasteiger partial charge in [0.05, 0.1) is 26.0 Å². The van der Waals surface area contributed by atoms with E-state index in [4.69, 9.17) is 26.1 Å². The number of rotatable bonds is 5. The molecule has 0 spiro atoms. The number of halogens is 1. The topological polar surface area (TPSA) is 54.8 Å². The molecule has 1 aromatic heterocycles. The highest BCUT2D eigenvalue weighted by molar-refractivity contribution is 6.30. The summed E-state index contributed by atoms with van der Waals surface area (Å²) in [6, 6.07) is 13.6. The third kappa shape index (κ3) is 3.65. The summed E-state index contributed by atoms with van der Waals surface area (Å²) in [6.45, 7) is 2.25. The van der Waals surface area contributed by atoms with Gasteiger partial charge >= 0.3 is 0 Å². The summed E-state index contributed by atoms with van der Waals surface area (Å²) in [5.74, 6) is 1.46. The van der Waals surface area contributed by atoms with E-state index in [2.05, 4.69) is 11.0 Å². The zero-order chi connectivity index (χ0) is 19.7. The number of hydrogen-bond donors (Lipinski definition) is 1. The minimum atomic E-state index is -0.262. The maximum Gasteiger partial charge on any atom is 0.145 e. The van der Waals surface area contributed by atoms with Crippen molar-refractivity contribution in [1.29, 1.82) is 0 Å². The third-order valence-electron chi connectivity index (χ3n) is 5.19. The third-order valence-corrected chi connectivity index (χ3v) is 5.44. The number of ether oxygens (including phenoxy) is 2. The van der Waals surface area contributed by atoms with Gasteiger partial charge in [0.15, 0.2) is 0 Å². The quantitative estimate of drug-likeness (QED) is 0.700. The van der Waals surface area contributed by atoms with E-state index >= 15 is 0 Å². The Kier molecular flexibility index (Phi) is 5.40. The van der Waals surface area contributed by atoms with Crippen LogP contribution >= 0.6 is 11.6 Å². The van der Waals surface area contributed by atoms with Crippen LogP contribution in [0.4, 0.5) is 0 Å². The Bertz CT molecular complexity index is 991. The minimum Gasteiger partial charge on any atom is -0.496 e. The Balaban J connectivity index is 1.89. The van der Waals surface area contributed by atoms with E-state index in [1.165, 1.54) is 0 Å². The summed E-state index contributed by atoms with van der Waals surface area (Å²) in [6.07, 6.45) is 0.538. The van der Waals surface area contributed by atoms with E-state index in [0.29, 0.717) is 23.9 Å². The fourth-order valence-electron chi connectivity index (χ4n) is 3.77. The molecule has 1 N–H and O–H groups in total. The first-order valence-corrected chi connectivity index (χ1v) is 9.68. The predicted octanol–water partition coefficient (Wildman–Crippen LogP) is 4.14. The van der Waals surface area contributed by atoms with Crippen LogP contribution in [0.5, 0.6) is 11.5 Å². The maximum absolute atomic E-state index is 9.91. The van der Waals surface area contributed by atoms with Gasteiger partial charge in [-0.1, -0.05) is 23.7 Å². The Labute approximate surface area is 169 Å². The maximum atomic E-state index is 9.91. The van der Waals surface area contributed by atoms with Crippen LogP contribution in [0.2, 0.25) is 5.02 Å². The van der Waals surface area contributed by atoms with Gasteiger partial charge in [-0.25, -0.2) is 4.98 Å². The largest absolute Gasteiger partial charge is 0.496 e. The number of likely N-dealkylation sites (tertiary alicyclic amines) is 1. The molecule has 0 radical (unpaired) electrons. The second-order valence-corrected chi connectivity index (χ2v) is 7.48. The number of β-amino-alcohol motifs (C(OH)–C–C–N with tert-alkyl or cyclic N) is 1. The van der Waals surface area contributed by atoms with E-state index in [9.17, 15) is 5.11 Å². The molecule has 0 saturated carbocycles. The van der Waals surface area contributed by atoms with Gasteiger partial charge in [0, 0.05) is 35.6 Å². The summed E-state index contributed by atoms with van der Waals surface area (Å²) in [5, 5.41) is 11.5. The molecule has 6 heteroatoms. The van der Waals surface area contributed by atoms with Crippen LogP contribution in [-0.4, -0.2) is 48.4 Å². The molecule has 1 aliphatic heterocycles. The monoisotopic (exact) mass is 398 g/mol. The lowest BCUT2D eigenvalue weighted by Gasteiger charge is -2.19. The lowest BCUT2D eigenvalue weighted by atomic mass is 10.0. The molecule has 0 bridgehead atoms. The molecule has 0 aliphatic carbocycles. The Morgan fingerprint density at radius 3 is 2.46 bits per heavy atom. The Morgan fingerprint density at radius 1 is 1.11 bits per heavy atom. The smallest absolute Gasteiger partial charge is 0.145 e. The minimum absolute atomic E-state index is 0.262. The van der Waals surface area contributed by atoms with Crippen molar-refractivity contribution in [2.24, 2.45) is 0 Å². The van der Waals surface area contributed by atoms with Gasteiger partial charge in [-0.3, -0.25) is 4.90 Å². The molecule has 4 rings (SSSR count). The van der Waals surface area contributed by atoms with Crippen LogP contribution in [0.3, 0.4) is 0 Å². The lowest BCUT2D eigenvalue weighted by molar-refractivity contribution is 0.175. The average molecular weight is 399 g/mol. The lowest BCUT2D eigenvalue weighted by Crippen LogP contribution is -2.22. The standard InChI is InChI=1S/C22H23ClN2O3/c1-27-19-7-8-20(28-2)22-18(19)11-15(12-25-10-9-17(26)13-25)21(24-22)14-3-5-16(23)6-4-14/h3-8,11,17,26H,9-10,12-13H2,1-2H3/t17-/m0/s1. The molecule has 2 aromatic carbocycles. The Morgan fingerprint density at radius 2 is 1.82 bits per heavy atom. The number of aromatic nitrogens is 1. The molecule has 1 saturated heterocycles. The normalized spacial score (nSPS) is 17.2. The highest BCUT2D eigenvalue weighted by atomic mass is 35.5. The number of benzene rings is 2. The second kappa shape index (κ2) is 7.95. The van der Waals surface area contributed by atoms with Crippen LogP contribution in [0.15, 0.2) is 42.5 Å². The molecule has 28 heavy (non-hydrogen) atoms. The summed E-state index contributed by atoms with van der Waals surface area (Å²) in [4.78, 5) is 7.23. The zero-order valence-corrected chi connectivity index (χ0v) is 16.7. The van der Waals surface area contributed by atoms with Gasteiger partial charge in [0.25, 0.3) is 0 Å². The predicted molar refractivity (Wildman–Crippen MR) is 111 cm³/mol. The van der Waals surface area contributed by atoms with E-state index in [1.54, 1.807) is 14.2 Å². The van der Waals surface area contributed by atoms with E-state index in [1.807, 2.05) is 36.4 Å².